The molecule has 2 fully saturated rings. The highest BCUT2D eigenvalue weighted by Crippen LogP contribution is 2.67. The average Bonchev–Trinajstić information content (AvgIpc) is 2.37. The highest BCUT2D eigenvalue weighted by atomic mass is 16.2. The van der Waals surface area contributed by atoms with Crippen LogP contribution in [-0.2, 0) is 4.79 Å². The molecule has 1 saturated carbocycles. The van der Waals surface area contributed by atoms with E-state index in [1.165, 1.54) is 6.42 Å². The fourth-order valence-corrected chi connectivity index (χ4v) is 3.18. The summed E-state index contributed by atoms with van der Waals surface area (Å²) in [5.41, 5.74) is 6.62. The van der Waals surface area contributed by atoms with Crippen molar-refractivity contribution in [2.24, 2.45) is 16.6 Å². The van der Waals surface area contributed by atoms with Gasteiger partial charge in [-0.2, -0.15) is 0 Å². The summed E-state index contributed by atoms with van der Waals surface area (Å²) in [6, 6.07) is 0.268. The number of likely N-dealkylation sites (tertiary alicyclic amines) is 1. The third-order valence-corrected chi connectivity index (χ3v) is 4.51. The summed E-state index contributed by atoms with van der Waals surface area (Å²) in [5.74, 6) is 0.200. The molecule has 2 rings (SSSR count). The van der Waals surface area contributed by atoms with E-state index < -0.39 is 0 Å². The van der Waals surface area contributed by atoms with Gasteiger partial charge in [0.15, 0.2) is 0 Å². The third kappa shape index (κ3) is 1.05. The van der Waals surface area contributed by atoms with Gasteiger partial charge in [0, 0.05) is 19.5 Å². The number of carbonyl (C=O) groups excluding carboxylic acids is 1. The van der Waals surface area contributed by atoms with E-state index in [2.05, 4.69) is 20.8 Å². The number of rotatable bonds is 1. The molecule has 1 heterocycles. The van der Waals surface area contributed by atoms with Crippen molar-refractivity contribution in [3.8, 4) is 0 Å². The van der Waals surface area contributed by atoms with Gasteiger partial charge in [-0.3, -0.25) is 4.79 Å². The molecular weight excluding hydrogens is 176 g/mol. The number of nitrogens with zero attached hydrogens (tertiary/aromatic N) is 1. The van der Waals surface area contributed by atoms with Gasteiger partial charge < -0.3 is 10.6 Å². The minimum Gasteiger partial charge on any atom is -0.341 e. The van der Waals surface area contributed by atoms with Crippen LogP contribution >= 0.6 is 0 Å². The lowest BCUT2D eigenvalue weighted by atomic mass is 9.86. The first kappa shape index (κ1) is 9.97. The Morgan fingerprint density at radius 2 is 1.93 bits per heavy atom. The lowest BCUT2D eigenvalue weighted by Crippen LogP contribution is -2.45. The number of likely N-dealkylation sites (N-methyl/N-ethyl adjacent to an activating group) is 1. The van der Waals surface area contributed by atoms with Crippen molar-refractivity contribution in [2.75, 3.05) is 7.05 Å². The first-order valence-electron chi connectivity index (χ1n) is 5.31. The molecule has 14 heavy (non-hydrogen) atoms. The van der Waals surface area contributed by atoms with Crippen molar-refractivity contribution in [1.29, 1.82) is 0 Å². The van der Waals surface area contributed by atoms with E-state index in [9.17, 15) is 4.79 Å². The molecule has 0 bridgehead atoms. The van der Waals surface area contributed by atoms with Crippen LogP contribution in [-0.4, -0.2) is 29.9 Å². The Balaban J connectivity index is 2.24. The molecule has 1 saturated heterocycles. The summed E-state index contributed by atoms with van der Waals surface area (Å²) < 4.78 is 0. The molecule has 3 atom stereocenters. The summed E-state index contributed by atoms with van der Waals surface area (Å²) >= 11 is 0. The van der Waals surface area contributed by atoms with E-state index in [1.54, 1.807) is 0 Å². The van der Waals surface area contributed by atoms with Crippen LogP contribution in [0.4, 0.5) is 0 Å². The van der Waals surface area contributed by atoms with Crippen molar-refractivity contribution in [3.05, 3.63) is 0 Å². The number of carbonyl (C=O) groups is 1. The fourth-order valence-electron chi connectivity index (χ4n) is 3.18. The second-order valence-corrected chi connectivity index (χ2v) is 5.80. The van der Waals surface area contributed by atoms with Crippen molar-refractivity contribution < 1.29 is 4.79 Å². The van der Waals surface area contributed by atoms with Gasteiger partial charge in [0.2, 0.25) is 5.91 Å². The van der Waals surface area contributed by atoms with Gasteiger partial charge in [0.05, 0.1) is 6.04 Å². The predicted molar refractivity (Wildman–Crippen MR) is 55.7 cm³/mol. The summed E-state index contributed by atoms with van der Waals surface area (Å²) in [6.45, 7) is 6.78. The molecular formula is C11H20N2O. The first-order chi connectivity index (χ1) is 6.29. The van der Waals surface area contributed by atoms with Crippen LogP contribution in [0.3, 0.4) is 0 Å². The van der Waals surface area contributed by atoms with E-state index in [4.69, 9.17) is 5.73 Å². The Morgan fingerprint density at radius 3 is 2.21 bits per heavy atom. The number of hydrogen-bond donors (Lipinski definition) is 1. The van der Waals surface area contributed by atoms with Crippen molar-refractivity contribution >= 4 is 5.91 Å². The monoisotopic (exact) mass is 196 g/mol. The molecule has 80 valence electrons. The zero-order chi connectivity index (χ0) is 10.7. The van der Waals surface area contributed by atoms with Crippen LogP contribution in [0.5, 0.6) is 0 Å². The summed E-state index contributed by atoms with van der Waals surface area (Å²) in [4.78, 5) is 13.4. The molecule has 3 nitrogen and oxygen atoms in total. The molecule has 0 aromatic carbocycles. The molecule has 1 aliphatic heterocycles. The van der Waals surface area contributed by atoms with Crippen LogP contribution in [0.2, 0.25) is 0 Å². The number of hydrogen-bond acceptors (Lipinski definition) is 2. The molecule has 2 aliphatic rings. The van der Waals surface area contributed by atoms with E-state index in [0.29, 0.717) is 11.8 Å². The standard InChI is InChI=1S/C11H20N2O/c1-10(2)6-11(10,3)9-7(12)5-8(14)13(9)4/h7,9H,5-6,12H2,1-4H3/t7-,9-,11?/m0/s1. The first-order valence-corrected chi connectivity index (χ1v) is 5.31. The van der Waals surface area contributed by atoms with Gasteiger partial charge in [0.25, 0.3) is 0 Å². The summed E-state index contributed by atoms with van der Waals surface area (Å²) in [6.07, 6.45) is 1.70. The quantitative estimate of drug-likeness (QED) is 0.679. The highest BCUT2D eigenvalue weighted by Gasteiger charge is 2.65. The van der Waals surface area contributed by atoms with Gasteiger partial charge in [-0.25, -0.2) is 0 Å². The van der Waals surface area contributed by atoms with Crippen LogP contribution in [0, 0.1) is 10.8 Å². The Labute approximate surface area is 85.6 Å². The molecule has 0 aromatic heterocycles. The molecule has 0 radical (unpaired) electrons. The van der Waals surface area contributed by atoms with Crippen LogP contribution < -0.4 is 5.73 Å². The summed E-state index contributed by atoms with van der Waals surface area (Å²) in [7, 11) is 1.89. The molecule has 3 heteroatoms. The minimum atomic E-state index is 0.0271. The van der Waals surface area contributed by atoms with Crippen LogP contribution in [0.25, 0.3) is 0 Å². The van der Waals surface area contributed by atoms with Gasteiger partial charge in [-0.15, -0.1) is 0 Å². The third-order valence-electron chi connectivity index (χ3n) is 4.51. The SMILES string of the molecule is CN1C(=O)C[C@H](N)[C@H]1C1(C)CC1(C)C. The predicted octanol–water partition coefficient (Wildman–Crippen LogP) is 0.981. The lowest BCUT2D eigenvalue weighted by Gasteiger charge is -2.31. The number of amides is 1. The molecule has 2 N–H and O–H groups in total. The maximum atomic E-state index is 11.5. The normalized spacial score (nSPS) is 45.8. The second-order valence-electron chi connectivity index (χ2n) is 5.80. The average molecular weight is 196 g/mol. The second kappa shape index (κ2) is 2.51. The maximum Gasteiger partial charge on any atom is 0.224 e. The zero-order valence-electron chi connectivity index (χ0n) is 9.50. The van der Waals surface area contributed by atoms with E-state index >= 15 is 0 Å². The highest BCUT2D eigenvalue weighted by molar-refractivity contribution is 5.80. The Bertz CT molecular complexity index is 287. The van der Waals surface area contributed by atoms with E-state index in [1.807, 2.05) is 11.9 Å². The van der Waals surface area contributed by atoms with E-state index in [-0.39, 0.29) is 23.4 Å². The fraction of sp³-hybridized carbons (Fsp3) is 0.909. The smallest absolute Gasteiger partial charge is 0.224 e. The molecule has 1 unspecified atom stereocenters. The molecule has 0 aromatic rings. The maximum absolute atomic E-state index is 11.5. The Hall–Kier alpha value is -0.570. The van der Waals surface area contributed by atoms with Gasteiger partial charge >= 0.3 is 0 Å². The topological polar surface area (TPSA) is 46.3 Å². The summed E-state index contributed by atoms with van der Waals surface area (Å²) in [5, 5.41) is 0. The van der Waals surface area contributed by atoms with Crippen LogP contribution in [0.15, 0.2) is 0 Å². The molecule has 1 amide bonds. The molecule has 1 aliphatic carbocycles. The van der Waals surface area contributed by atoms with Gasteiger partial charge in [-0.1, -0.05) is 20.8 Å². The largest absolute Gasteiger partial charge is 0.341 e. The zero-order valence-corrected chi connectivity index (χ0v) is 9.50. The van der Waals surface area contributed by atoms with Gasteiger partial charge in [0.1, 0.15) is 0 Å². The lowest BCUT2D eigenvalue weighted by molar-refractivity contribution is -0.128. The van der Waals surface area contributed by atoms with E-state index in [0.717, 1.165) is 0 Å². The van der Waals surface area contributed by atoms with Crippen molar-refractivity contribution in [1.82, 2.24) is 4.90 Å². The Kier molecular flexibility index (Phi) is 1.79. The van der Waals surface area contributed by atoms with Gasteiger partial charge in [-0.05, 0) is 17.3 Å². The van der Waals surface area contributed by atoms with Crippen LogP contribution in [0.1, 0.15) is 33.6 Å². The molecule has 0 spiro atoms. The minimum absolute atomic E-state index is 0.0271. The number of nitrogens with two attached hydrogens (primary N) is 1. The van der Waals surface area contributed by atoms with Crippen molar-refractivity contribution in [2.45, 2.75) is 45.7 Å². The Morgan fingerprint density at radius 1 is 1.43 bits per heavy atom. The van der Waals surface area contributed by atoms with Crippen molar-refractivity contribution in [3.63, 3.8) is 0 Å².